The van der Waals surface area contributed by atoms with Crippen LogP contribution in [0.15, 0.2) is 18.2 Å². The van der Waals surface area contributed by atoms with E-state index in [-0.39, 0.29) is 24.0 Å². The molecule has 2 unspecified atom stereocenters. The minimum Gasteiger partial charge on any atom is -0.375 e. The second-order valence-corrected chi connectivity index (χ2v) is 5.25. The van der Waals surface area contributed by atoms with E-state index in [0.29, 0.717) is 18.8 Å². The fourth-order valence-electron chi connectivity index (χ4n) is 2.57. The SMILES string of the molecule is CCC1COC(C)CN1c1ccc(C=O)c(C(F)(F)F)c1. The third kappa shape index (κ3) is 3.37. The molecule has 0 spiro atoms. The van der Waals surface area contributed by atoms with Gasteiger partial charge in [-0.1, -0.05) is 6.92 Å². The predicted octanol–water partition coefficient (Wildman–Crippen LogP) is 3.52. The van der Waals surface area contributed by atoms with E-state index in [9.17, 15) is 18.0 Å². The van der Waals surface area contributed by atoms with Crippen molar-refractivity contribution in [3.05, 3.63) is 29.3 Å². The number of rotatable bonds is 3. The summed E-state index contributed by atoms with van der Waals surface area (Å²) in [7, 11) is 0. The molecule has 1 heterocycles. The monoisotopic (exact) mass is 301 g/mol. The molecule has 2 rings (SSSR count). The fraction of sp³-hybridized carbons (Fsp3) is 0.533. The van der Waals surface area contributed by atoms with Gasteiger partial charge in [-0.25, -0.2) is 0 Å². The minimum atomic E-state index is -4.54. The van der Waals surface area contributed by atoms with Crippen LogP contribution >= 0.6 is 0 Å². The normalized spacial score (nSPS) is 23.2. The third-order valence-electron chi connectivity index (χ3n) is 3.74. The Morgan fingerprint density at radius 1 is 1.43 bits per heavy atom. The molecule has 2 atom stereocenters. The van der Waals surface area contributed by atoms with Gasteiger partial charge in [-0.3, -0.25) is 4.79 Å². The van der Waals surface area contributed by atoms with E-state index < -0.39 is 11.7 Å². The molecule has 1 aromatic rings. The quantitative estimate of drug-likeness (QED) is 0.800. The second-order valence-electron chi connectivity index (χ2n) is 5.25. The van der Waals surface area contributed by atoms with Crippen LogP contribution in [0.2, 0.25) is 0 Å². The molecular formula is C15H18F3NO2. The van der Waals surface area contributed by atoms with Crippen molar-refractivity contribution in [1.29, 1.82) is 0 Å². The zero-order valence-electron chi connectivity index (χ0n) is 12.0. The van der Waals surface area contributed by atoms with E-state index in [1.54, 1.807) is 6.07 Å². The Morgan fingerprint density at radius 3 is 2.71 bits per heavy atom. The molecular weight excluding hydrogens is 283 g/mol. The molecule has 6 heteroatoms. The third-order valence-corrected chi connectivity index (χ3v) is 3.74. The molecule has 0 N–H and O–H groups in total. The first-order valence-electron chi connectivity index (χ1n) is 6.91. The van der Waals surface area contributed by atoms with Gasteiger partial charge in [-0.15, -0.1) is 0 Å². The van der Waals surface area contributed by atoms with E-state index in [4.69, 9.17) is 4.74 Å². The number of alkyl halides is 3. The van der Waals surface area contributed by atoms with Crippen LogP contribution in [0.4, 0.5) is 18.9 Å². The van der Waals surface area contributed by atoms with Crippen LogP contribution in [0.25, 0.3) is 0 Å². The maximum Gasteiger partial charge on any atom is 0.417 e. The fourth-order valence-corrected chi connectivity index (χ4v) is 2.57. The predicted molar refractivity (Wildman–Crippen MR) is 73.7 cm³/mol. The first kappa shape index (κ1) is 15.8. The van der Waals surface area contributed by atoms with Gasteiger partial charge in [0.15, 0.2) is 6.29 Å². The van der Waals surface area contributed by atoms with Gasteiger partial charge in [0.25, 0.3) is 0 Å². The summed E-state index contributed by atoms with van der Waals surface area (Å²) in [6.45, 7) is 4.90. The van der Waals surface area contributed by atoms with Crippen LogP contribution < -0.4 is 4.90 Å². The Hall–Kier alpha value is -1.56. The van der Waals surface area contributed by atoms with Gasteiger partial charge in [-0.2, -0.15) is 13.2 Å². The molecule has 0 amide bonds. The topological polar surface area (TPSA) is 29.5 Å². The molecule has 0 aliphatic carbocycles. The van der Waals surface area contributed by atoms with Gasteiger partial charge in [0, 0.05) is 17.8 Å². The molecule has 1 aliphatic heterocycles. The molecule has 0 radical (unpaired) electrons. The van der Waals surface area contributed by atoms with Crippen LogP contribution in [0.1, 0.15) is 36.2 Å². The van der Waals surface area contributed by atoms with Crippen molar-refractivity contribution in [3.8, 4) is 0 Å². The first-order chi connectivity index (χ1) is 9.86. The van der Waals surface area contributed by atoms with Gasteiger partial charge in [0.2, 0.25) is 0 Å². The van der Waals surface area contributed by atoms with Crippen molar-refractivity contribution in [1.82, 2.24) is 0 Å². The number of morpholine rings is 1. The van der Waals surface area contributed by atoms with Crippen molar-refractivity contribution in [2.24, 2.45) is 0 Å². The molecule has 1 aliphatic rings. The highest BCUT2D eigenvalue weighted by atomic mass is 19.4. The smallest absolute Gasteiger partial charge is 0.375 e. The van der Waals surface area contributed by atoms with E-state index >= 15 is 0 Å². The maximum absolute atomic E-state index is 13.0. The number of ether oxygens (including phenoxy) is 1. The zero-order valence-corrected chi connectivity index (χ0v) is 12.0. The van der Waals surface area contributed by atoms with Crippen molar-refractivity contribution in [2.45, 2.75) is 38.6 Å². The summed E-state index contributed by atoms with van der Waals surface area (Å²) in [6.07, 6.45) is -3.55. The molecule has 0 aromatic heterocycles. The standard InChI is InChI=1S/C15H18F3NO2/c1-3-12-9-21-10(2)7-19(12)13-5-4-11(8-20)14(6-13)15(16,17)18/h4-6,8,10,12H,3,7,9H2,1-2H3. The van der Waals surface area contributed by atoms with Gasteiger partial charge >= 0.3 is 6.18 Å². The summed E-state index contributed by atoms with van der Waals surface area (Å²) in [6, 6.07) is 3.91. The van der Waals surface area contributed by atoms with Gasteiger partial charge < -0.3 is 9.64 Å². The van der Waals surface area contributed by atoms with Gasteiger partial charge in [-0.05, 0) is 31.5 Å². The number of aldehydes is 1. The largest absolute Gasteiger partial charge is 0.417 e. The highest BCUT2D eigenvalue weighted by molar-refractivity contribution is 5.79. The number of carbonyl (C=O) groups is 1. The van der Waals surface area contributed by atoms with Crippen LogP contribution in [0.3, 0.4) is 0 Å². The van der Waals surface area contributed by atoms with Crippen LogP contribution in [0, 0.1) is 0 Å². The molecule has 21 heavy (non-hydrogen) atoms. The van der Waals surface area contributed by atoms with Crippen molar-refractivity contribution in [2.75, 3.05) is 18.1 Å². The average molecular weight is 301 g/mol. The molecule has 116 valence electrons. The molecule has 0 saturated carbocycles. The van der Waals surface area contributed by atoms with Crippen LogP contribution in [-0.2, 0) is 10.9 Å². The lowest BCUT2D eigenvalue weighted by atomic mass is 10.0. The molecule has 1 saturated heterocycles. The number of anilines is 1. The summed E-state index contributed by atoms with van der Waals surface area (Å²) in [5.41, 5.74) is -0.737. The molecule has 3 nitrogen and oxygen atoms in total. The summed E-state index contributed by atoms with van der Waals surface area (Å²) in [4.78, 5) is 12.7. The number of carbonyl (C=O) groups excluding carboxylic acids is 1. The number of halogens is 3. The molecule has 1 fully saturated rings. The Morgan fingerprint density at radius 2 is 2.14 bits per heavy atom. The van der Waals surface area contributed by atoms with Gasteiger partial charge in [0.1, 0.15) is 0 Å². The lowest BCUT2D eigenvalue weighted by molar-refractivity contribution is -0.137. The highest BCUT2D eigenvalue weighted by Gasteiger charge is 2.35. The summed E-state index contributed by atoms with van der Waals surface area (Å²) >= 11 is 0. The average Bonchev–Trinajstić information content (AvgIpc) is 2.45. The van der Waals surface area contributed by atoms with E-state index in [2.05, 4.69) is 0 Å². The number of benzene rings is 1. The molecule has 0 bridgehead atoms. The van der Waals surface area contributed by atoms with Crippen molar-refractivity contribution < 1.29 is 22.7 Å². The Labute approximate surface area is 121 Å². The first-order valence-corrected chi connectivity index (χ1v) is 6.91. The van der Waals surface area contributed by atoms with Crippen LogP contribution in [-0.4, -0.2) is 31.6 Å². The Kier molecular flexibility index (Phi) is 4.56. The number of hydrogen-bond acceptors (Lipinski definition) is 3. The Bertz CT molecular complexity index is 516. The lowest BCUT2D eigenvalue weighted by Crippen LogP contribution is -2.48. The molecule has 1 aromatic carbocycles. The van der Waals surface area contributed by atoms with E-state index in [0.717, 1.165) is 12.5 Å². The summed E-state index contributed by atoms with van der Waals surface area (Å²) in [5.74, 6) is 0. The Balaban J connectivity index is 2.41. The van der Waals surface area contributed by atoms with E-state index in [1.807, 2.05) is 18.7 Å². The van der Waals surface area contributed by atoms with Crippen LogP contribution in [0.5, 0.6) is 0 Å². The van der Waals surface area contributed by atoms with Crippen molar-refractivity contribution in [3.63, 3.8) is 0 Å². The lowest BCUT2D eigenvalue weighted by Gasteiger charge is -2.40. The maximum atomic E-state index is 13.0. The number of nitrogens with zero attached hydrogens (tertiary/aromatic N) is 1. The zero-order chi connectivity index (χ0) is 15.6. The second kappa shape index (κ2) is 6.05. The highest BCUT2D eigenvalue weighted by Crippen LogP contribution is 2.35. The summed E-state index contributed by atoms with van der Waals surface area (Å²) in [5, 5.41) is 0. The number of hydrogen-bond donors (Lipinski definition) is 0. The van der Waals surface area contributed by atoms with Crippen molar-refractivity contribution >= 4 is 12.0 Å². The summed E-state index contributed by atoms with van der Waals surface area (Å²) < 4.78 is 44.7. The van der Waals surface area contributed by atoms with Gasteiger partial charge in [0.05, 0.1) is 24.3 Å². The van der Waals surface area contributed by atoms with E-state index in [1.165, 1.54) is 6.07 Å². The minimum absolute atomic E-state index is 0.0344.